The third-order valence-electron chi connectivity index (χ3n) is 4.35. The maximum atomic E-state index is 12.6. The first-order chi connectivity index (χ1) is 13.2. The molecule has 0 radical (unpaired) electrons. The lowest BCUT2D eigenvalue weighted by Gasteiger charge is -2.12. The Kier molecular flexibility index (Phi) is 5.51. The lowest BCUT2D eigenvalue weighted by atomic mass is 10.1. The highest BCUT2D eigenvalue weighted by molar-refractivity contribution is 7.92. The van der Waals surface area contributed by atoms with E-state index in [1.165, 1.54) is 6.07 Å². The summed E-state index contributed by atoms with van der Waals surface area (Å²) in [6.45, 7) is 5.76. The summed E-state index contributed by atoms with van der Waals surface area (Å²) >= 11 is 0. The average Bonchev–Trinajstić information content (AvgIpc) is 2.65. The first-order valence-electron chi connectivity index (χ1n) is 8.83. The fourth-order valence-electron chi connectivity index (χ4n) is 2.72. The molecule has 3 aromatic rings. The molecule has 3 aromatic carbocycles. The zero-order chi connectivity index (χ0) is 20.3. The van der Waals surface area contributed by atoms with Crippen molar-refractivity contribution in [3.05, 3.63) is 89.0 Å². The lowest BCUT2D eigenvalue weighted by Crippen LogP contribution is -2.15. The van der Waals surface area contributed by atoms with Crippen LogP contribution in [0.2, 0.25) is 0 Å². The molecule has 0 unspecified atom stereocenters. The maximum absolute atomic E-state index is 12.6. The Labute approximate surface area is 165 Å². The van der Waals surface area contributed by atoms with Gasteiger partial charge in [-0.25, -0.2) is 8.42 Å². The van der Waals surface area contributed by atoms with E-state index in [2.05, 4.69) is 10.0 Å². The molecule has 2 N–H and O–H groups in total. The maximum Gasteiger partial charge on any atom is 0.261 e. The molecule has 28 heavy (non-hydrogen) atoms. The van der Waals surface area contributed by atoms with Crippen LogP contribution in [0.5, 0.6) is 0 Å². The van der Waals surface area contributed by atoms with Gasteiger partial charge in [-0.05, 0) is 68.3 Å². The zero-order valence-corrected chi connectivity index (χ0v) is 16.8. The van der Waals surface area contributed by atoms with Gasteiger partial charge in [0.15, 0.2) is 0 Å². The fraction of sp³-hybridized carbons (Fsp3) is 0.136. The van der Waals surface area contributed by atoms with Gasteiger partial charge in [-0.2, -0.15) is 0 Å². The Morgan fingerprint density at radius 1 is 0.821 bits per heavy atom. The topological polar surface area (TPSA) is 75.3 Å². The molecule has 0 aliphatic carbocycles. The van der Waals surface area contributed by atoms with Crippen LogP contribution in [0, 0.1) is 20.8 Å². The van der Waals surface area contributed by atoms with Crippen molar-refractivity contribution in [2.45, 2.75) is 25.7 Å². The number of rotatable bonds is 5. The summed E-state index contributed by atoms with van der Waals surface area (Å²) in [6.07, 6.45) is 0. The molecule has 5 nitrogen and oxygen atoms in total. The summed E-state index contributed by atoms with van der Waals surface area (Å²) in [5.74, 6) is -0.301. The number of nitrogens with one attached hydrogen (secondary N) is 2. The molecule has 0 aromatic heterocycles. The summed E-state index contributed by atoms with van der Waals surface area (Å²) in [5.41, 5.74) is 4.40. The van der Waals surface area contributed by atoms with E-state index in [1.54, 1.807) is 42.5 Å². The second-order valence-electron chi connectivity index (χ2n) is 6.77. The number of hydrogen-bond acceptors (Lipinski definition) is 3. The largest absolute Gasteiger partial charge is 0.322 e. The number of aryl methyl sites for hydroxylation is 3. The van der Waals surface area contributed by atoms with E-state index >= 15 is 0 Å². The molecule has 0 saturated carbocycles. The van der Waals surface area contributed by atoms with Gasteiger partial charge in [0.05, 0.1) is 4.90 Å². The van der Waals surface area contributed by atoms with Gasteiger partial charge < -0.3 is 5.32 Å². The number of carbonyl (C=O) groups excluding carboxylic acids is 1. The number of sulfonamides is 1. The van der Waals surface area contributed by atoms with E-state index in [-0.39, 0.29) is 10.8 Å². The van der Waals surface area contributed by atoms with E-state index in [0.29, 0.717) is 11.3 Å². The molecule has 6 heteroatoms. The molecule has 0 aliphatic rings. The molecule has 0 atom stereocenters. The first-order valence-corrected chi connectivity index (χ1v) is 10.3. The lowest BCUT2D eigenvalue weighted by molar-refractivity contribution is 0.102. The molecule has 3 rings (SSSR count). The SMILES string of the molecule is Cc1ccc(S(=O)(=O)Nc2cccc(C(=O)Nc3cc(C)ccc3C)c2)cc1. The summed E-state index contributed by atoms with van der Waals surface area (Å²) in [6, 6.07) is 18.8. The van der Waals surface area contributed by atoms with E-state index in [1.807, 2.05) is 39.0 Å². The van der Waals surface area contributed by atoms with Crippen LogP contribution in [0.25, 0.3) is 0 Å². The summed E-state index contributed by atoms with van der Waals surface area (Å²) in [4.78, 5) is 12.8. The molecule has 0 spiro atoms. The van der Waals surface area contributed by atoms with Gasteiger partial charge in [0.1, 0.15) is 0 Å². The Hall–Kier alpha value is -3.12. The average molecular weight is 394 g/mol. The van der Waals surface area contributed by atoms with Crippen molar-refractivity contribution in [1.29, 1.82) is 0 Å². The molecular weight excluding hydrogens is 372 g/mol. The highest BCUT2D eigenvalue weighted by Gasteiger charge is 2.15. The number of hydrogen-bond donors (Lipinski definition) is 2. The number of benzene rings is 3. The van der Waals surface area contributed by atoms with Gasteiger partial charge in [0.2, 0.25) is 0 Å². The molecule has 0 aliphatic heterocycles. The molecule has 0 heterocycles. The Balaban J connectivity index is 1.81. The minimum absolute atomic E-state index is 0.170. The van der Waals surface area contributed by atoms with Crippen molar-refractivity contribution in [1.82, 2.24) is 0 Å². The minimum atomic E-state index is -3.73. The second kappa shape index (κ2) is 7.86. The van der Waals surface area contributed by atoms with E-state index in [0.717, 1.165) is 22.4 Å². The standard InChI is InChI=1S/C22H22N2O3S/c1-15-8-11-20(12-9-15)28(26,27)24-19-6-4-5-18(14-19)22(25)23-21-13-16(2)7-10-17(21)3/h4-14,24H,1-3H3,(H,23,25). The Morgan fingerprint density at radius 2 is 1.50 bits per heavy atom. The summed E-state index contributed by atoms with van der Waals surface area (Å²) in [5, 5.41) is 2.88. The van der Waals surface area contributed by atoms with Crippen LogP contribution in [0.1, 0.15) is 27.0 Å². The predicted molar refractivity (Wildman–Crippen MR) is 112 cm³/mol. The van der Waals surface area contributed by atoms with Crippen LogP contribution in [0.15, 0.2) is 71.6 Å². The van der Waals surface area contributed by atoms with Gasteiger partial charge in [-0.1, -0.05) is 35.9 Å². The smallest absolute Gasteiger partial charge is 0.261 e. The zero-order valence-electron chi connectivity index (χ0n) is 16.0. The van der Waals surface area contributed by atoms with Crippen molar-refractivity contribution in [3.63, 3.8) is 0 Å². The van der Waals surface area contributed by atoms with Crippen LogP contribution in [-0.4, -0.2) is 14.3 Å². The minimum Gasteiger partial charge on any atom is -0.322 e. The molecule has 144 valence electrons. The molecule has 1 amide bonds. The van der Waals surface area contributed by atoms with Gasteiger partial charge in [0, 0.05) is 16.9 Å². The fourth-order valence-corrected chi connectivity index (χ4v) is 3.77. The van der Waals surface area contributed by atoms with E-state index in [4.69, 9.17) is 0 Å². The quantitative estimate of drug-likeness (QED) is 0.661. The van der Waals surface area contributed by atoms with Crippen LogP contribution >= 0.6 is 0 Å². The second-order valence-corrected chi connectivity index (χ2v) is 8.45. The van der Waals surface area contributed by atoms with Gasteiger partial charge >= 0.3 is 0 Å². The third-order valence-corrected chi connectivity index (χ3v) is 5.75. The van der Waals surface area contributed by atoms with Gasteiger partial charge in [-0.15, -0.1) is 0 Å². The Bertz CT molecular complexity index is 1120. The van der Waals surface area contributed by atoms with Gasteiger partial charge in [-0.3, -0.25) is 9.52 Å². The molecular formula is C22H22N2O3S. The Morgan fingerprint density at radius 3 is 2.21 bits per heavy atom. The van der Waals surface area contributed by atoms with Crippen LogP contribution < -0.4 is 10.0 Å². The third kappa shape index (κ3) is 4.58. The van der Waals surface area contributed by atoms with Crippen molar-refractivity contribution in [3.8, 4) is 0 Å². The monoisotopic (exact) mass is 394 g/mol. The van der Waals surface area contributed by atoms with Crippen LogP contribution in [0.4, 0.5) is 11.4 Å². The van der Waals surface area contributed by atoms with Crippen LogP contribution in [-0.2, 0) is 10.0 Å². The van der Waals surface area contributed by atoms with Crippen molar-refractivity contribution in [2.75, 3.05) is 10.0 Å². The van der Waals surface area contributed by atoms with Crippen molar-refractivity contribution >= 4 is 27.3 Å². The summed E-state index contributed by atoms with van der Waals surface area (Å²) in [7, 11) is -3.73. The van der Waals surface area contributed by atoms with E-state index in [9.17, 15) is 13.2 Å². The number of anilines is 2. The van der Waals surface area contributed by atoms with Crippen molar-refractivity contribution < 1.29 is 13.2 Å². The normalized spacial score (nSPS) is 11.1. The van der Waals surface area contributed by atoms with E-state index < -0.39 is 10.0 Å². The summed E-state index contributed by atoms with van der Waals surface area (Å²) < 4.78 is 27.6. The van der Waals surface area contributed by atoms with Gasteiger partial charge in [0.25, 0.3) is 15.9 Å². The predicted octanol–water partition coefficient (Wildman–Crippen LogP) is 4.66. The molecule has 0 fully saturated rings. The molecule has 0 saturated heterocycles. The number of amides is 1. The molecule has 0 bridgehead atoms. The highest BCUT2D eigenvalue weighted by atomic mass is 32.2. The van der Waals surface area contributed by atoms with Crippen molar-refractivity contribution in [2.24, 2.45) is 0 Å². The number of carbonyl (C=O) groups is 1. The first kappa shape index (κ1) is 19.6. The van der Waals surface area contributed by atoms with Crippen LogP contribution in [0.3, 0.4) is 0 Å². The highest BCUT2D eigenvalue weighted by Crippen LogP contribution is 2.20.